The molecular formula is C20H18Cl2N2O3. The van der Waals surface area contributed by atoms with Crippen molar-refractivity contribution >= 4 is 29.2 Å². The van der Waals surface area contributed by atoms with Crippen molar-refractivity contribution < 1.29 is 14.3 Å². The van der Waals surface area contributed by atoms with E-state index in [1.165, 1.54) is 0 Å². The van der Waals surface area contributed by atoms with Gasteiger partial charge >= 0.3 is 5.97 Å². The highest BCUT2D eigenvalue weighted by Crippen LogP contribution is 2.31. The molecule has 1 aromatic heterocycles. The lowest BCUT2D eigenvalue weighted by Gasteiger charge is -2.09. The Kier molecular flexibility index (Phi) is 6.04. The minimum Gasteiger partial charge on any atom is -0.465 e. The summed E-state index contributed by atoms with van der Waals surface area (Å²) in [4.78, 5) is 11.6. The molecule has 2 aromatic carbocycles. The summed E-state index contributed by atoms with van der Waals surface area (Å²) >= 11 is 12.4. The molecule has 0 bridgehead atoms. The number of esters is 1. The summed E-state index contributed by atoms with van der Waals surface area (Å²) < 4.78 is 12.0. The third kappa shape index (κ3) is 4.62. The summed E-state index contributed by atoms with van der Waals surface area (Å²) in [5.41, 5.74) is 3.51. The normalized spacial score (nSPS) is 10.7. The number of carbonyl (C=O) groups is 1. The number of carbonyl (C=O) groups excluding carboxylic acids is 1. The van der Waals surface area contributed by atoms with Crippen molar-refractivity contribution in [3.05, 3.63) is 64.1 Å². The van der Waals surface area contributed by atoms with E-state index in [9.17, 15) is 4.79 Å². The van der Waals surface area contributed by atoms with E-state index in [1.54, 1.807) is 35.9 Å². The van der Waals surface area contributed by atoms with Crippen molar-refractivity contribution in [2.24, 2.45) is 0 Å². The maximum Gasteiger partial charge on any atom is 0.344 e. The molecule has 0 aliphatic heterocycles. The maximum atomic E-state index is 11.6. The second kappa shape index (κ2) is 8.46. The summed E-state index contributed by atoms with van der Waals surface area (Å²) in [5.74, 6) is -0.155. The quantitative estimate of drug-likeness (QED) is 0.536. The third-order valence-electron chi connectivity index (χ3n) is 3.82. The molecular weight excluding hydrogens is 387 g/mol. The molecule has 0 N–H and O–H groups in total. The first-order valence-electron chi connectivity index (χ1n) is 8.39. The zero-order valence-electron chi connectivity index (χ0n) is 14.9. The van der Waals surface area contributed by atoms with E-state index in [0.29, 0.717) is 28.2 Å². The minimum absolute atomic E-state index is 0.216. The highest BCUT2D eigenvalue weighted by atomic mass is 35.5. The van der Waals surface area contributed by atoms with E-state index in [2.05, 4.69) is 5.10 Å². The van der Waals surface area contributed by atoms with Crippen LogP contribution in [0.15, 0.2) is 48.5 Å². The van der Waals surface area contributed by atoms with E-state index >= 15 is 0 Å². The lowest BCUT2D eigenvalue weighted by atomic mass is 10.1. The summed E-state index contributed by atoms with van der Waals surface area (Å²) in [7, 11) is 0. The molecule has 3 rings (SSSR count). The van der Waals surface area contributed by atoms with Crippen molar-refractivity contribution in [2.75, 3.05) is 13.2 Å². The molecule has 5 nitrogen and oxygen atoms in total. The van der Waals surface area contributed by atoms with Gasteiger partial charge in [-0.25, -0.2) is 9.48 Å². The van der Waals surface area contributed by atoms with Crippen molar-refractivity contribution in [1.82, 2.24) is 9.78 Å². The molecule has 0 aliphatic carbocycles. The number of aryl methyl sites for hydroxylation is 1. The van der Waals surface area contributed by atoms with Gasteiger partial charge in [0.05, 0.1) is 23.0 Å². The van der Waals surface area contributed by atoms with Crippen LogP contribution in [0.4, 0.5) is 0 Å². The van der Waals surface area contributed by atoms with Crippen LogP contribution < -0.4 is 4.74 Å². The maximum absolute atomic E-state index is 11.6. The van der Waals surface area contributed by atoms with Crippen LogP contribution in [0.3, 0.4) is 0 Å². The Morgan fingerprint density at radius 3 is 2.52 bits per heavy atom. The Hall–Kier alpha value is -2.50. The molecule has 0 saturated heterocycles. The van der Waals surface area contributed by atoms with Crippen molar-refractivity contribution in [2.45, 2.75) is 13.8 Å². The second-order valence-corrected chi connectivity index (χ2v) is 6.68. The van der Waals surface area contributed by atoms with Crippen molar-refractivity contribution in [3.8, 4) is 22.8 Å². The largest absolute Gasteiger partial charge is 0.465 e. The average Bonchev–Trinajstić information content (AvgIpc) is 3.05. The van der Waals surface area contributed by atoms with Gasteiger partial charge in [0.2, 0.25) is 5.88 Å². The lowest BCUT2D eigenvalue weighted by Crippen LogP contribution is -2.14. The number of ether oxygens (including phenoxy) is 2. The summed E-state index contributed by atoms with van der Waals surface area (Å²) in [5, 5.41) is 5.45. The number of nitrogens with zero attached hydrogens (tertiary/aromatic N) is 2. The van der Waals surface area contributed by atoms with E-state index in [-0.39, 0.29) is 6.61 Å². The van der Waals surface area contributed by atoms with Crippen LogP contribution in [0.5, 0.6) is 5.88 Å². The fourth-order valence-corrected chi connectivity index (χ4v) is 3.02. The molecule has 0 atom stereocenters. The molecule has 140 valence electrons. The first-order chi connectivity index (χ1) is 13.0. The summed E-state index contributed by atoms with van der Waals surface area (Å²) in [6.07, 6.45) is 0. The first kappa shape index (κ1) is 19.3. The van der Waals surface area contributed by atoms with Gasteiger partial charge in [-0.1, -0.05) is 53.0 Å². The molecule has 0 amide bonds. The van der Waals surface area contributed by atoms with E-state index < -0.39 is 5.97 Å². The van der Waals surface area contributed by atoms with Gasteiger partial charge in [-0.2, -0.15) is 0 Å². The van der Waals surface area contributed by atoms with Gasteiger partial charge in [-0.3, -0.25) is 0 Å². The molecule has 0 fully saturated rings. The SMILES string of the molecule is CCOC(=O)COc1cc(-c2ccc(C)cc2)n(-c2ccc(Cl)cc2Cl)n1. The van der Waals surface area contributed by atoms with Gasteiger partial charge in [0.25, 0.3) is 0 Å². The molecule has 0 saturated carbocycles. The highest BCUT2D eigenvalue weighted by Gasteiger charge is 2.16. The van der Waals surface area contributed by atoms with Crippen molar-refractivity contribution in [1.29, 1.82) is 0 Å². The molecule has 7 heteroatoms. The third-order valence-corrected chi connectivity index (χ3v) is 4.35. The first-order valence-corrected chi connectivity index (χ1v) is 9.14. The van der Waals surface area contributed by atoms with Crippen LogP contribution in [-0.2, 0) is 9.53 Å². The number of aromatic nitrogens is 2. The summed E-state index contributed by atoms with van der Waals surface area (Å²) in [6.45, 7) is 3.84. The zero-order chi connectivity index (χ0) is 19.4. The van der Waals surface area contributed by atoms with Crippen LogP contribution in [0.25, 0.3) is 16.9 Å². The van der Waals surface area contributed by atoms with Crippen LogP contribution in [0.2, 0.25) is 10.0 Å². The molecule has 3 aromatic rings. The monoisotopic (exact) mass is 404 g/mol. The summed E-state index contributed by atoms with van der Waals surface area (Å²) in [6, 6.07) is 14.9. The van der Waals surface area contributed by atoms with Crippen LogP contribution in [-0.4, -0.2) is 29.0 Å². The smallest absolute Gasteiger partial charge is 0.344 e. The number of halogens is 2. The fraction of sp³-hybridized carbons (Fsp3) is 0.200. The number of hydrogen-bond donors (Lipinski definition) is 0. The molecule has 0 aliphatic rings. The van der Waals surface area contributed by atoms with Gasteiger partial charge in [0.15, 0.2) is 6.61 Å². The Bertz CT molecular complexity index is 952. The fourth-order valence-electron chi connectivity index (χ4n) is 2.53. The minimum atomic E-state index is -0.450. The van der Waals surface area contributed by atoms with Gasteiger partial charge in [0.1, 0.15) is 0 Å². The van der Waals surface area contributed by atoms with Gasteiger partial charge < -0.3 is 9.47 Å². The van der Waals surface area contributed by atoms with Gasteiger partial charge in [-0.05, 0) is 32.0 Å². The predicted molar refractivity (Wildman–Crippen MR) is 106 cm³/mol. The van der Waals surface area contributed by atoms with Crippen LogP contribution >= 0.6 is 23.2 Å². The Labute approximate surface area is 167 Å². The van der Waals surface area contributed by atoms with Gasteiger partial charge in [-0.15, -0.1) is 5.10 Å². The molecule has 0 unspecified atom stereocenters. The molecule has 0 spiro atoms. The Morgan fingerprint density at radius 1 is 1.11 bits per heavy atom. The molecule has 27 heavy (non-hydrogen) atoms. The van der Waals surface area contributed by atoms with Gasteiger partial charge in [0, 0.05) is 16.7 Å². The molecule has 0 radical (unpaired) electrons. The lowest BCUT2D eigenvalue weighted by molar-refractivity contribution is -0.145. The standard InChI is InChI=1S/C20H18Cl2N2O3/c1-3-26-20(25)12-27-19-11-18(14-6-4-13(2)5-7-14)24(23-19)17-9-8-15(21)10-16(17)22/h4-11H,3,12H2,1-2H3. The van der Waals surface area contributed by atoms with E-state index in [0.717, 1.165) is 16.8 Å². The predicted octanol–water partition coefficient (Wildman–Crippen LogP) is 5.10. The Balaban J connectivity index is 2.01. The highest BCUT2D eigenvalue weighted by molar-refractivity contribution is 6.35. The topological polar surface area (TPSA) is 53.4 Å². The number of hydrogen-bond acceptors (Lipinski definition) is 4. The number of benzene rings is 2. The average molecular weight is 405 g/mol. The second-order valence-electron chi connectivity index (χ2n) is 5.84. The Morgan fingerprint density at radius 2 is 1.85 bits per heavy atom. The van der Waals surface area contributed by atoms with Crippen LogP contribution in [0.1, 0.15) is 12.5 Å². The van der Waals surface area contributed by atoms with E-state index in [4.69, 9.17) is 32.7 Å². The zero-order valence-corrected chi connectivity index (χ0v) is 16.4. The van der Waals surface area contributed by atoms with Crippen LogP contribution in [0, 0.1) is 6.92 Å². The van der Waals surface area contributed by atoms with Crippen molar-refractivity contribution in [3.63, 3.8) is 0 Å². The molecule has 1 heterocycles. The number of rotatable bonds is 6. The van der Waals surface area contributed by atoms with E-state index in [1.807, 2.05) is 31.2 Å².